The molecule has 0 spiro atoms. The van der Waals surface area contributed by atoms with Gasteiger partial charge in [0.25, 0.3) is 0 Å². The van der Waals surface area contributed by atoms with E-state index in [1.807, 2.05) is 13.0 Å². The molecule has 0 aromatic heterocycles. The Balaban J connectivity index is 2.32. The number of nitrogens with one attached hydrogen (secondary N) is 1. The predicted octanol–water partition coefficient (Wildman–Crippen LogP) is 3.45. The zero-order chi connectivity index (χ0) is 18.2. The van der Waals surface area contributed by atoms with Gasteiger partial charge in [0.15, 0.2) is 0 Å². The highest BCUT2D eigenvalue weighted by molar-refractivity contribution is 6.08. The molecular formula is C19H20N2O4. The fourth-order valence-electron chi connectivity index (χ4n) is 2.32. The van der Waals surface area contributed by atoms with E-state index in [2.05, 4.69) is 0 Å². The Kier molecular flexibility index (Phi) is 6.17. The quantitative estimate of drug-likeness (QED) is 0.638. The molecule has 2 aromatic carbocycles. The number of carboxylic acid groups (broad SMARTS) is 1. The summed E-state index contributed by atoms with van der Waals surface area (Å²) >= 11 is 0. The van der Waals surface area contributed by atoms with E-state index in [-0.39, 0.29) is 6.42 Å². The van der Waals surface area contributed by atoms with Crippen LogP contribution in [-0.2, 0) is 11.2 Å². The van der Waals surface area contributed by atoms with Crippen molar-refractivity contribution in [2.24, 2.45) is 5.73 Å². The molecule has 0 fully saturated rings. The molecule has 6 nitrogen and oxygen atoms in total. The average molecular weight is 340 g/mol. The number of aliphatic carboxylic acids is 1. The van der Waals surface area contributed by atoms with Gasteiger partial charge in [0.1, 0.15) is 17.2 Å². The molecule has 0 saturated heterocycles. The number of benzene rings is 2. The third kappa shape index (κ3) is 5.10. The number of carboxylic acids is 1. The first-order valence-corrected chi connectivity index (χ1v) is 7.75. The van der Waals surface area contributed by atoms with E-state index in [1.54, 1.807) is 36.4 Å². The summed E-state index contributed by atoms with van der Waals surface area (Å²) in [6.45, 7) is 2.32. The van der Waals surface area contributed by atoms with Crippen LogP contribution in [0.25, 0.3) is 5.57 Å². The van der Waals surface area contributed by atoms with E-state index in [9.17, 15) is 4.79 Å². The first-order chi connectivity index (χ1) is 12.0. The summed E-state index contributed by atoms with van der Waals surface area (Å²) in [5.74, 6) is 0.654. The number of allylic oxidation sites excluding steroid dienone is 1. The van der Waals surface area contributed by atoms with Crippen molar-refractivity contribution in [2.75, 3.05) is 6.61 Å². The maximum Gasteiger partial charge on any atom is 0.307 e. The molecule has 0 radical (unpaired) electrons. The fourth-order valence-corrected chi connectivity index (χ4v) is 2.32. The molecule has 0 saturated carbocycles. The number of ether oxygens (including phenoxy) is 2. The summed E-state index contributed by atoms with van der Waals surface area (Å²) in [6, 6.07) is 12.2. The third-order valence-corrected chi connectivity index (χ3v) is 3.34. The van der Waals surface area contributed by atoms with Crippen LogP contribution in [0.15, 0.2) is 48.7 Å². The molecule has 2 rings (SSSR count). The zero-order valence-corrected chi connectivity index (χ0v) is 13.9. The van der Waals surface area contributed by atoms with Crippen molar-refractivity contribution in [3.63, 3.8) is 0 Å². The number of hydrogen-bond donors (Lipinski definition) is 3. The first-order valence-electron chi connectivity index (χ1n) is 7.75. The van der Waals surface area contributed by atoms with Crippen molar-refractivity contribution in [3.05, 3.63) is 59.8 Å². The van der Waals surface area contributed by atoms with Crippen LogP contribution >= 0.6 is 0 Å². The Morgan fingerprint density at radius 1 is 1.20 bits per heavy atom. The molecule has 2 aromatic rings. The number of rotatable bonds is 8. The molecule has 0 bridgehead atoms. The lowest BCUT2D eigenvalue weighted by atomic mass is 10.1. The van der Waals surface area contributed by atoms with Crippen LogP contribution in [-0.4, -0.2) is 23.9 Å². The molecule has 0 amide bonds. The number of nitrogens with two attached hydrogens (primary N) is 1. The lowest BCUT2D eigenvalue weighted by Crippen LogP contribution is -2.01. The van der Waals surface area contributed by atoms with Crippen molar-refractivity contribution in [2.45, 2.75) is 13.3 Å². The van der Waals surface area contributed by atoms with Crippen LogP contribution in [0.4, 0.5) is 0 Å². The summed E-state index contributed by atoms with van der Waals surface area (Å²) in [5.41, 5.74) is 7.42. The van der Waals surface area contributed by atoms with Gasteiger partial charge in [-0.25, -0.2) is 0 Å². The first kappa shape index (κ1) is 18.1. The highest BCUT2D eigenvalue weighted by Gasteiger charge is 2.08. The van der Waals surface area contributed by atoms with E-state index in [1.165, 1.54) is 12.4 Å². The SMILES string of the molecule is CCOc1cc(CC(=O)O)cc(Oc2cccc(/C(C=N)=C/N)c2)c1. The highest BCUT2D eigenvalue weighted by atomic mass is 16.5. The van der Waals surface area contributed by atoms with Gasteiger partial charge in [0, 0.05) is 24.1 Å². The topological polar surface area (TPSA) is 106 Å². The van der Waals surface area contributed by atoms with Crippen molar-refractivity contribution in [1.82, 2.24) is 0 Å². The van der Waals surface area contributed by atoms with E-state index < -0.39 is 5.97 Å². The lowest BCUT2D eigenvalue weighted by molar-refractivity contribution is -0.136. The Morgan fingerprint density at radius 2 is 1.96 bits per heavy atom. The Bertz CT molecular complexity index is 800. The minimum absolute atomic E-state index is 0.120. The molecule has 25 heavy (non-hydrogen) atoms. The second-order valence-electron chi connectivity index (χ2n) is 5.21. The normalized spacial score (nSPS) is 11.0. The smallest absolute Gasteiger partial charge is 0.307 e. The molecule has 6 heteroatoms. The average Bonchev–Trinajstić information content (AvgIpc) is 2.56. The largest absolute Gasteiger partial charge is 0.494 e. The number of carbonyl (C=O) groups is 1. The Morgan fingerprint density at radius 3 is 2.60 bits per heavy atom. The van der Waals surface area contributed by atoms with Crippen molar-refractivity contribution < 1.29 is 19.4 Å². The summed E-state index contributed by atoms with van der Waals surface area (Å²) in [4.78, 5) is 11.0. The second kappa shape index (κ2) is 8.54. The van der Waals surface area contributed by atoms with E-state index in [4.69, 9.17) is 25.7 Å². The minimum Gasteiger partial charge on any atom is -0.494 e. The monoisotopic (exact) mass is 340 g/mol. The van der Waals surface area contributed by atoms with Crippen LogP contribution in [0.5, 0.6) is 17.2 Å². The van der Waals surface area contributed by atoms with Gasteiger partial charge < -0.3 is 25.7 Å². The van der Waals surface area contributed by atoms with Gasteiger partial charge in [-0.3, -0.25) is 4.79 Å². The summed E-state index contributed by atoms with van der Waals surface area (Å²) < 4.78 is 11.3. The van der Waals surface area contributed by atoms with Gasteiger partial charge in [0.05, 0.1) is 13.0 Å². The molecule has 4 N–H and O–H groups in total. The molecule has 0 aliphatic rings. The van der Waals surface area contributed by atoms with Crippen molar-refractivity contribution >= 4 is 17.8 Å². The summed E-state index contributed by atoms with van der Waals surface area (Å²) in [6.07, 6.45) is 2.40. The number of hydrogen-bond acceptors (Lipinski definition) is 5. The molecule has 0 aliphatic heterocycles. The predicted molar refractivity (Wildman–Crippen MR) is 96.4 cm³/mol. The Hall–Kier alpha value is -3.28. The highest BCUT2D eigenvalue weighted by Crippen LogP contribution is 2.29. The zero-order valence-electron chi connectivity index (χ0n) is 13.9. The van der Waals surface area contributed by atoms with Crippen LogP contribution in [0.2, 0.25) is 0 Å². The van der Waals surface area contributed by atoms with Gasteiger partial charge in [-0.1, -0.05) is 12.1 Å². The van der Waals surface area contributed by atoms with Gasteiger partial charge in [-0.2, -0.15) is 0 Å². The van der Waals surface area contributed by atoms with Crippen molar-refractivity contribution in [3.8, 4) is 17.2 Å². The maximum absolute atomic E-state index is 11.0. The molecular weight excluding hydrogens is 320 g/mol. The van der Waals surface area contributed by atoms with Crippen LogP contribution in [0.3, 0.4) is 0 Å². The van der Waals surface area contributed by atoms with Gasteiger partial charge in [-0.15, -0.1) is 0 Å². The summed E-state index contributed by atoms with van der Waals surface area (Å²) in [5, 5.41) is 16.4. The van der Waals surface area contributed by atoms with Crippen LogP contribution in [0.1, 0.15) is 18.1 Å². The molecule has 130 valence electrons. The van der Waals surface area contributed by atoms with Crippen LogP contribution < -0.4 is 15.2 Å². The van der Waals surface area contributed by atoms with Gasteiger partial charge in [-0.05, 0) is 42.3 Å². The standard InChI is InChI=1S/C19H20N2O4/c1-2-24-17-6-13(8-19(22)23)7-18(10-17)25-16-5-3-4-14(9-16)15(11-20)12-21/h3-7,9-12,20H,2,8,21H2,1H3,(H,22,23)/b15-12+,20-11?. The van der Waals surface area contributed by atoms with E-state index >= 15 is 0 Å². The summed E-state index contributed by atoms with van der Waals surface area (Å²) in [7, 11) is 0. The second-order valence-corrected chi connectivity index (χ2v) is 5.21. The lowest BCUT2D eigenvalue weighted by Gasteiger charge is -2.12. The fraction of sp³-hybridized carbons (Fsp3) is 0.158. The molecule has 0 unspecified atom stereocenters. The molecule has 0 heterocycles. The Labute approximate surface area is 146 Å². The third-order valence-electron chi connectivity index (χ3n) is 3.34. The van der Waals surface area contributed by atoms with Crippen molar-refractivity contribution in [1.29, 1.82) is 5.41 Å². The van der Waals surface area contributed by atoms with Crippen LogP contribution in [0, 0.1) is 5.41 Å². The minimum atomic E-state index is -0.926. The molecule has 0 aliphatic carbocycles. The molecule has 0 atom stereocenters. The van der Waals surface area contributed by atoms with Gasteiger partial charge >= 0.3 is 5.97 Å². The van der Waals surface area contributed by atoms with Gasteiger partial charge in [0.2, 0.25) is 0 Å². The van der Waals surface area contributed by atoms with E-state index in [0.29, 0.717) is 35.0 Å². The maximum atomic E-state index is 11.0. The van der Waals surface area contributed by atoms with E-state index in [0.717, 1.165) is 5.56 Å².